The number of carbonyl (C=O) groups excluding carboxylic acids is 2. The van der Waals surface area contributed by atoms with E-state index in [9.17, 15) is 9.59 Å². The molecular weight excluding hydrogens is 342 g/mol. The van der Waals surface area contributed by atoms with E-state index < -0.39 is 0 Å². The fourth-order valence-corrected chi connectivity index (χ4v) is 4.02. The van der Waals surface area contributed by atoms with E-state index in [-0.39, 0.29) is 17.4 Å². The number of carbonyl (C=O) groups is 2. The fourth-order valence-electron chi connectivity index (χ4n) is 4.02. The van der Waals surface area contributed by atoms with Crippen molar-refractivity contribution in [3.05, 3.63) is 54.6 Å². The van der Waals surface area contributed by atoms with Crippen LogP contribution in [0.15, 0.2) is 54.6 Å². The molecular formula is C21H23N3O3. The van der Waals surface area contributed by atoms with E-state index in [1.165, 1.54) is 0 Å². The Morgan fingerprint density at radius 2 is 1.93 bits per heavy atom. The van der Waals surface area contributed by atoms with Crippen LogP contribution in [0.1, 0.15) is 12.8 Å². The molecule has 4 rings (SSSR count). The van der Waals surface area contributed by atoms with Gasteiger partial charge < -0.3 is 19.9 Å². The molecule has 0 bridgehead atoms. The lowest BCUT2D eigenvalue weighted by molar-refractivity contribution is -0.117. The van der Waals surface area contributed by atoms with Crippen LogP contribution in [0.25, 0.3) is 0 Å². The van der Waals surface area contributed by atoms with Gasteiger partial charge in [-0.2, -0.15) is 0 Å². The smallest absolute Gasteiger partial charge is 0.321 e. The molecule has 27 heavy (non-hydrogen) atoms. The minimum Gasteiger partial charge on any atom is -0.497 e. The van der Waals surface area contributed by atoms with Crippen LogP contribution < -0.4 is 15.0 Å². The van der Waals surface area contributed by atoms with Crippen molar-refractivity contribution >= 4 is 23.3 Å². The molecule has 140 valence electrons. The van der Waals surface area contributed by atoms with Gasteiger partial charge >= 0.3 is 6.03 Å². The van der Waals surface area contributed by atoms with Gasteiger partial charge in [-0.05, 0) is 30.7 Å². The summed E-state index contributed by atoms with van der Waals surface area (Å²) in [5.74, 6) is 0.835. The topological polar surface area (TPSA) is 61.9 Å². The zero-order chi connectivity index (χ0) is 18.9. The summed E-state index contributed by atoms with van der Waals surface area (Å²) in [5.41, 5.74) is 1.48. The SMILES string of the molecule is COc1cccc(NC(=O)N2CCC3(CC(=O)N(c4ccccc4)C3)C2)c1. The van der Waals surface area contributed by atoms with Crippen molar-refractivity contribution in [1.82, 2.24) is 4.90 Å². The van der Waals surface area contributed by atoms with Crippen LogP contribution >= 0.6 is 0 Å². The van der Waals surface area contributed by atoms with E-state index in [1.807, 2.05) is 53.4 Å². The average molecular weight is 365 g/mol. The van der Waals surface area contributed by atoms with Gasteiger partial charge in [0.2, 0.25) is 5.91 Å². The molecule has 2 saturated heterocycles. The highest BCUT2D eigenvalue weighted by Gasteiger charge is 2.48. The largest absolute Gasteiger partial charge is 0.497 e. The van der Waals surface area contributed by atoms with Gasteiger partial charge in [0, 0.05) is 48.9 Å². The molecule has 2 aliphatic heterocycles. The van der Waals surface area contributed by atoms with Crippen molar-refractivity contribution in [3.8, 4) is 5.75 Å². The number of anilines is 2. The summed E-state index contributed by atoms with van der Waals surface area (Å²) in [6.07, 6.45) is 1.33. The number of amides is 3. The van der Waals surface area contributed by atoms with Crippen LogP contribution in [0.3, 0.4) is 0 Å². The van der Waals surface area contributed by atoms with Gasteiger partial charge in [-0.1, -0.05) is 24.3 Å². The number of likely N-dealkylation sites (tertiary alicyclic amines) is 1. The first-order chi connectivity index (χ1) is 13.1. The van der Waals surface area contributed by atoms with Crippen molar-refractivity contribution in [3.63, 3.8) is 0 Å². The highest BCUT2D eigenvalue weighted by atomic mass is 16.5. The van der Waals surface area contributed by atoms with Gasteiger partial charge in [-0.25, -0.2) is 4.79 Å². The minimum absolute atomic E-state index is 0.134. The van der Waals surface area contributed by atoms with Gasteiger partial charge in [0.05, 0.1) is 7.11 Å². The van der Waals surface area contributed by atoms with Gasteiger partial charge in [0.15, 0.2) is 0 Å². The van der Waals surface area contributed by atoms with Crippen molar-refractivity contribution in [1.29, 1.82) is 0 Å². The van der Waals surface area contributed by atoms with Gasteiger partial charge in [-0.15, -0.1) is 0 Å². The van der Waals surface area contributed by atoms with Crippen molar-refractivity contribution in [2.24, 2.45) is 5.41 Å². The zero-order valence-corrected chi connectivity index (χ0v) is 15.4. The monoisotopic (exact) mass is 365 g/mol. The summed E-state index contributed by atoms with van der Waals surface area (Å²) in [6, 6.07) is 16.9. The number of nitrogens with one attached hydrogen (secondary N) is 1. The molecule has 3 amide bonds. The van der Waals surface area contributed by atoms with E-state index in [1.54, 1.807) is 18.1 Å². The third-order valence-corrected chi connectivity index (χ3v) is 5.44. The second kappa shape index (κ2) is 6.95. The molecule has 1 spiro atoms. The lowest BCUT2D eigenvalue weighted by atomic mass is 9.86. The fraction of sp³-hybridized carbons (Fsp3) is 0.333. The quantitative estimate of drug-likeness (QED) is 0.907. The number of para-hydroxylation sites is 1. The third kappa shape index (κ3) is 3.47. The minimum atomic E-state index is -0.154. The summed E-state index contributed by atoms with van der Waals surface area (Å²) < 4.78 is 5.20. The summed E-state index contributed by atoms with van der Waals surface area (Å²) in [5, 5.41) is 2.93. The Hall–Kier alpha value is -3.02. The van der Waals surface area contributed by atoms with Crippen molar-refractivity contribution in [2.45, 2.75) is 12.8 Å². The van der Waals surface area contributed by atoms with Gasteiger partial charge in [0.25, 0.3) is 0 Å². The molecule has 2 aromatic rings. The average Bonchev–Trinajstić information content (AvgIpc) is 3.25. The Labute approximate surface area is 158 Å². The van der Waals surface area contributed by atoms with E-state index in [0.29, 0.717) is 37.5 Å². The number of hydrogen-bond donors (Lipinski definition) is 1. The summed E-state index contributed by atoms with van der Waals surface area (Å²) >= 11 is 0. The first-order valence-electron chi connectivity index (χ1n) is 9.14. The number of benzene rings is 2. The second-order valence-corrected chi connectivity index (χ2v) is 7.33. The third-order valence-electron chi connectivity index (χ3n) is 5.44. The van der Waals surface area contributed by atoms with Crippen LogP contribution in [-0.4, -0.2) is 43.6 Å². The van der Waals surface area contributed by atoms with Crippen LogP contribution in [0.2, 0.25) is 0 Å². The molecule has 6 heteroatoms. The predicted octanol–water partition coefficient (Wildman–Crippen LogP) is 3.36. The Morgan fingerprint density at radius 3 is 2.70 bits per heavy atom. The van der Waals surface area contributed by atoms with Crippen LogP contribution in [0.5, 0.6) is 5.75 Å². The highest BCUT2D eigenvalue weighted by molar-refractivity contribution is 5.97. The van der Waals surface area contributed by atoms with Crippen LogP contribution in [-0.2, 0) is 4.79 Å². The lowest BCUT2D eigenvalue weighted by Crippen LogP contribution is -2.36. The normalized spacial score (nSPS) is 21.7. The highest BCUT2D eigenvalue weighted by Crippen LogP contribution is 2.41. The number of rotatable bonds is 3. The van der Waals surface area contributed by atoms with Gasteiger partial charge in [-0.3, -0.25) is 4.79 Å². The number of methoxy groups -OCH3 is 1. The summed E-state index contributed by atoms with van der Waals surface area (Å²) in [7, 11) is 1.60. The Kier molecular flexibility index (Phi) is 4.48. The molecule has 0 aliphatic carbocycles. The number of ether oxygens (including phenoxy) is 1. The first-order valence-corrected chi connectivity index (χ1v) is 9.14. The van der Waals surface area contributed by atoms with E-state index >= 15 is 0 Å². The molecule has 2 aliphatic rings. The lowest BCUT2D eigenvalue weighted by Gasteiger charge is -2.24. The molecule has 2 heterocycles. The number of urea groups is 1. The maximum Gasteiger partial charge on any atom is 0.321 e. The first kappa shape index (κ1) is 17.4. The van der Waals surface area contributed by atoms with Crippen molar-refractivity contribution in [2.75, 3.05) is 37.0 Å². The molecule has 0 radical (unpaired) electrons. The molecule has 2 fully saturated rings. The van der Waals surface area contributed by atoms with E-state index in [2.05, 4.69) is 5.32 Å². The Morgan fingerprint density at radius 1 is 1.11 bits per heavy atom. The van der Waals surface area contributed by atoms with E-state index in [0.717, 1.165) is 12.1 Å². The Balaban J connectivity index is 1.42. The molecule has 1 atom stereocenters. The Bertz CT molecular complexity index is 855. The number of hydrogen-bond acceptors (Lipinski definition) is 3. The van der Waals surface area contributed by atoms with E-state index in [4.69, 9.17) is 4.74 Å². The van der Waals surface area contributed by atoms with Crippen LogP contribution in [0.4, 0.5) is 16.2 Å². The molecule has 0 saturated carbocycles. The maximum atomic E-state index is 12.7. The maximum absolute atomic E-state index is 12.7. The standard InChI is InChI=1S/C21H23N3O3/c1-27-18-9-5-6-16(12-18)22-20(26)23-11-10-21(14-23)13-19(25)24(15-21)17-7-3-2-4-8-17/h2-9,12H,10-11,13-15H2,1H3,(H,22,26). The molecule has 0 aromatic heterocycles. The molecule has 6 nitrogen and oxygen atoms in total. The second-order valence-electron chi connectivity index (χ2n) is 7.33. The molecule has 1 N–H and O–H groups in total. The van der Waals surface area contributed by atoms with Gasteiger partial charge in [0.1, 0.15) is 5.75 Å². The number of nitrogens with zero attached hydrogens (tertiary/aromatic N) is 2. The van der Waals surface area contributed by atoms with Crippen molar-refractivity contribution < 1.29 is 14.3 Å². The molecule has 1 unspecified atom stereocenters. The molecule has 2 aromatic carbocycles. The summed E-state index contributed by atoms with van der Waals surface area (Å²) in [6.45, 7) is 1.92. The predicted molar refractivity (Wildman–Crippen MR) is 104 cm³/mol. The zero-order valence-electron chi connectivity index (χ0n) is 15.4. The van der Waals surface area contributed by atoms with Crippen LogP contribution in [0, 0.1) is 5.41 Å². The summed E-state index contributed by atoms with van der Waals surface area (Å²) in [4.78, 5) is 28.9.